The summed E-state index contributed by atoms with van der Waals surface area (Å²) in [6, 6.07) is 7.96. The third-order valence-electron chi connectivity index (χ3n) is 3.80. The van der Waals surface area contributed by atoms with Crippen molar-refractivity contribution in [2.45, 2.75) is 39.2 Å². The van der Waals surface area contributed by atoms with E-state index in [9.17, 15) is 5.11 Å². The first kappa shape index (κ1) is 15.5. The second-order valence-corrected chi connectivity index (χ2v) is 5.46. The van der Waals surface area contributed by atoms with E-state index in [1.807, 2.05) is 31.2 Å². The van der Waals surface area contributed by atoms with Gasteiger partial charge >= 0.3 is 0 Å². The number of aliphatic hydroxyl groups excluding tert-OH is 1. The minimum Gasteiger partial charge on any atom is -0.396 e. The highest BCUT2D eigenvalue weighted by atomic mass is 16.3. The number of nitrogens with one attached hydrogen (secondary N) is 2. The summed E-state index contributed by atoms with van der Waals surface area (Å²) in [7, 11) is 0. The van der Waals surface area contributed by atoms with Gasteiger partial charge in [-0.1, -0.05) is 19.1 Å². The number of anilines is 2. The van der Waals surface area contributed by atoms with E-state index in [-0.39, 0.29) is 12.1 Å². The third-order valence-corrected chi connectivity index (χ3v) is 3.80. The van der Waals surface area contributed by atoms with Gasteiger partial charge < -0.3 is 15.7 Å². The van der Waals surface area contributed by atoms with E-state index in [2.05, 4.69) is 34.4 Å². The Morgan fingerprint density at radius 1 is 1.19 bits per heavy atom. The van der Waals surface area contributed by atoms with Gasteiger partial charge in [0.15, 0.2) is 0 Å². The Morgan fingerprint density at radius 2 is 1.95 bits per heavy atom. The minimum atomic E-state index is -0.185. The molecule has 5 heteroatoms. The van der Waals surface area contributed by atoms with Gasteiger partial charge in [-0.15, -0.1) is 0 Å². The molecule has 0 saturated carbocycles. The zero-order valence-electron chi connectivity index (χ0n) is 13.0. The number of para-hydroxylation sites is 1. The summed E-state index contributed by atoms with van der Waals surface area (Å²) >= 11 is 0. The van der Waals surface area contributed by atoms with Crippen molar-refractivity contribution < 1.29 is 5.11 Å². The lowest BCUT2D eigenvalue weighted by molar-refractivity contribution is 0.252. The van der Waals surface area contributed by atoms with Gasteiger partial charge in [0.05, 0.1) is 5.52 Å². The van der Waals surface area contributed by atoms with Gasteiger partial charge in [0.2, 0.25) is 5.95 Å². The zero-order chi connectivity index (χ0) is 15.3. The first-order valence-electron chi connectivity index (χ1n) is 7.51. The highest BCUT2D eigenvalue weighted by Gasteiger charge is 2.23. The first-order valence-corrected chi connectivity index (χ1v) is 7.51. The Kier molecular flexibility index (Phi) is 4.96. The molecule has 1 aromatic carbocycles. The molecule has 0 fully saturated rings. The van der Waals surface area contributed by atoms with Crippen LogP contribution in [0.2, 0.25) is 0 Å². The van der Waals surface area contributed by atoms with Gasteiger partial charge in [0.1, 0.15) is 5.82 Å². The monoisotopic (exact) mass is 288 g/mol. The molecule has 114 valence electrons. The van der Waals surface area contributed by atoms with Crippen LogP contribution in [-0.4, -0.2) is 33.8 Å². The van der Waals surface area contributed by atoms with Crippen LogP contribution in [0.5, 0.6) is 0 Å². The van der Waals surface area contributed by atoms with Gasteiger partial charge in [-0.2, -0.15) is 4.98 Å². The van der Waals surface area contributed by atoms with Crippen LogP contribution in [0.1, 0.15) is 33.6 Å². The van der Waals surface area contributed by atoms with Crippen LogP contribution < -0.4 is 10.6 Å². The van der Waals surface area contributed by atoms with Crippen LogP contribution in [-0.2, 0) is 0 Å². The van der Waals surface area contributed by atoms with E-state index < -0.39 is 0 Å². The molecular weight excluding hydrogens is 264 g/mol. The molecule has 2 aromatic rings. The summed E-state index contributed by atoms with van der Waals surface area (Å²) < 4.78 is 0. The molecule has 5 nitrogen and oxygen atoms in total. The van der Waals surface area contributed by atoms with E-state index in [1.165, 1.54) is 0 Å². The van der Waals surface area contributed by atoms with Crippen LogP contribution in [0.4, 0.5) is 11.8 Å². The highest BCUT2D eigenvalue weighted by molar-refractivity contribution is 5.90. The predicted octanol–water partition coefficient (Wildman–Crippen LogP) is 3.02. The molecule has 1 aromatic heterocycles. The molecule has 0 saturated heterocycles. The molecule has 0 aliphatic rings. The molecule has 0 spiro atoms. The zero-order valence-corrected chi connectivity index (χ0v) is 13.0. The van der Waals surface area contributed by atoms with Crippen LogP contribution in [0.15, 0.2) is 24.3 Å². The molecule has 1 atom stereocenters. The van der Waals surface area contributed by atoms with Crippen molar-refractivity contribution in [2.24, 2.45) is 0 Å². The van der Waals surface area contributed by atoms with E-state index >= 15 is 0 Å². The summed E-state index contributed by atoms with van der Waals surface area (Å²) in [5.41, 5.74) is 0.725. The molecule has 0 radical (unpaired) electrons. The maximum Gasteiger partial charge on any atom is 0.225 e. The van der Waals surface area contributed by atoms with Gasteiger partial charge in [-0.05, 0) is 38.8 Å². The van der Waals surface area contributed by atoms with Crippen LogP contribution in [0.3, 0.4) is 0 Å². The van der Waals surface area contributed by atoms with Crippen molar-refractivity contribution in [3.63, 3.8) is 0 Å². The molecule has 1 heterocycles. The summed E-state index contributed by atoms with van der Waals surface area (Å²) in [5.74, 6) is 1.44. The quantitative estimate of drug-likeness (QED) is 0.730. The van der Waals surface area contributed by atoms with Gasteiger partial charge in [-0.3, -0.25) is 0 Å². The van der Waals surface area contributed by atoms with E-state index in [4.69, 9.17) is 0 Å². The van der Waals surface area contributed by atoms with Gasteiger partial charge in [-0.25, -0.2) is 4.98 Å². The standard InChI is InChI=1S/C16H24N4O/c1-4-16(3,10-11-21)20-14-12-8-6-7-9-13(12)18-15(19-14)17-5-2/h6-9,21H,4-5,10-11H2,1-3H3,(H2,17,18,19,20). The fourth-order valence-electron chi connectivity index (χ4n) is 2.27. The number of aromatic nitrogens is 2. The molecule has 0 bridgehead atoms. The molecule has 21 heavy (non-hydrogen) atoms. The number of nitrogens with zero attached hydrogens (tertiary/aromatic N) is 2. The summed E-state index contributed by atoms with van der Waals surface area (Å²) in [6.07, 6.45) is 1.58. The van der Waals surface area contributed by atoms with E-state index in [0.717, 1.165) is 29.7 Å². The maximum absolute atomic E-state index is 9.28. The van der Waals surface area contributed by atoms with Crippen LogP contribution >= 0.6 is 0 Å². The molecule has 1 unspecified atom stereocenters. The predicted molar refractivity (Wildman–Crippen MR) is 87.7 cm³/mol. The number of benzene rings is 1. The van der Waals surface area contributed by atoms with Crippen molar-refractivity contribution in [2.75, 3.05) is 23.8 Å². The smallest absolute Gasteiger partial charge is 0.225 e. The third kappa shape index (κ3) is 3.61. The molecule has 0 amide bonds. The number of hydrogen-bond donors (Lipinski definition) is 3. The molecule has 0 aliphatic heterocycles. The van der Waals surface area contributed by atoms with Crippen molar-refractivity contribution in [1.82, 2.24) is 9.97 Å². The lowest BCUT2D eigenvalue weighted by Crippen LogP contribution is -2.35. The normalized spacial score (nSPS) is 13.9. The average molecular weight is 288 g/mol. The Bertz CT molecular complexity index is 602. The van der Waals surface area contributed by atoms with Gasteiger partial charge in [0.25, 0.3) is 0 Å². The SMILES string of the molecule is CCNc1nc(NC(C)(CC)CCO)c2ccccc2n1. The minimum absolute atomic E-state index is 0.153. The molecule has 0 aliphatic carbocycles. The van der Waals surface area contributed by atoms with Crippen molar-refractivity contribution in [3.05, 3.63) is 24.3 Å². The lowest BCUT2D eigenvalue weighted by atomic mass is 9.94. The second-order valence-electron chi connectivity index (χ2n) is 5.46. The Labute approximate surface area is 125 Å². The molecule has 3 N–H and O–H groups in total. The Balaban J connectivity index is 2.45. The number of hydrogen-bond acceptors (Lipinski definition) is 5. The lowest BCUT2D eigenvalue weighted by Gasteiger charge is -2.30. The first-order chi connectivity index (χ1) is 10.1. The molecular formula is C16H24N4O. The van der Waals surface area contributed by atoms with Crippen molar-refractivity contribution in [3.8, 4) is 0 Å². The maximum atomic E-state index is 9.28. The van der Waals surface area contributed by atoms with Gasteiger partial charge in [0, 0.05) is 24.1 Å². The van der Waals surface area contributed by atoms with Crippen molar-refractivity contribution in [1.29, 1.82) is 0 Å². The fourth-order valence-corrected chi connectivity index (χ4v) is 2.27. The number of rotatable bonds is 7. The fraction of sp³-hybridized carbons (Fsp3) is 0.500. The summed E-state index contributed by atoms with van der Waals surface area (Å²) in [5, 5.41) is 16.9. The molecule has 2 rings (SSSR count). The van der Waals surface area contributed by atoms with Crippen LogP contribution in [0.25, 0.3) is 10.9 Å². The Hall–Kier alpha value is -1.88. The Morgan fingerprint density at radius 3 is 2.62 bits per heavy atom. The number of fused-ring (bicyclic) bond motifs is 1. The van der Waals surface area contributed by atoms with E-state index in [0.29, 0.717) is 12.4 Å². The van der Waals surface area contributed by atoms with Crippen molar-refractivity contribution >= 4 is 22.7 Å². The van der Waals surface area contributed by atoms with Crippen LogP contribution in [0, 0.1) is 0 Å². The van der Waals surface area contributed by atoms with E-state index in [1.54, 1.807) is 0 Å². The second kappa shape index (κ2) is 6.72. The largest absolute Gasteiger partial charge is 0.396 e. The topological polar surface area (TPSA) is 70.1 Å². The summed E-state index contributed by atoms with van der Waals surface area (Å²) in [4.78, 5) is 9.11. The highest BCUT2D eigenvalue weighted by Crippen LogP contribution is 2.27. The average Bonchev–Trinajstić information content (AvgIpc) is 2.48. The summed E-state index contributed by atoms with van der Waals surface area (Å²) in [6.45, 7) is 7.16. The number of aliphatic hydroxyl groups is 1.